The lowest BCUT2D eigenvalue weighted by molar-refractivity contribution is -0.114. The molecule has 0 saturated heterocycles. The van der Waals surface area contributed by atoms with Gasteiger partial charge in [-0.15, -0.1) is 11.8 Å². The number of carbonyl (C=O) groups is 3. The second-order valence-corrected chi connectivity index (χ2v) is 10.2. The molecule has 0 aliphatic carbocycles. The molecule has 0 aromatic heterocycles. The Balaban J connectivity index is 1.50. The first kappa shape index (κ1) is 32.6. The molecule has 0 heterocycles. The number of thioether (sulfide) groups is 1. The molecule has 0 radical (unpaired) electrons. The average Bonchev–Trinajstić information content (AvgIpc) is 3.05. The Hall–Kier alpha value is -5.30. The molecule has 0 aliphatic rings. The second kappa shape index (κ2) is 14.9. The predicted octanol–water partition coefficient (Wildman–Crippen LogP) is 6.40. The monoisotopic (exact) mass is 639 g/mol. The molecule has 3 N–H and O–H groups in total. The highest BCUT2D eigenvalue weighted by atomic mass is 32.2. The highest BCUT2D eigenvalue weighted by Crippen LogP contribution is 2.29. The minimum atomic E-state index is -1.73. The van der Waals surface area contributed by atoms with Crippen molar-refractivity contribution in [1.82, 2.24) is 5.32 Å². The molecule has 8 nitrogen and oxygen atoms in total. The standard InChI is InChI=1S/C32H25F4N3O5S/c1-43-25-12-11-18(14-26(25)44-2)13-24(38-31(41)19-7-4-3-5-8-19)32(42)37-20-9-6-10-21(15-20)45-17-27(40)39-30-28(35)22(33)16-23(34)29(30)36/h3-16H,17H2,1-2H3,(H,37,42)(H,38,41)(H,39,40)/b24-13+. The van der Waals surface area contributed by atoms with E-state index < -0.39 is 46.7 Å². The Labute approximate surface area is 259 Å². The summed E-state index contributed by atoms with van der Waals surface area (Å²) in [5.41, 5.74) is -0.194. The van der Waals surface area contributed by atoms with E-state index in [9.17, 15) is 31.9 Å². The third kappa shape index (κ3) is 8.42. The van der Waals surface area contributed by atoms with Crippen molar-refractivity contribution in [3.05, 3.63) is 119 Å². The zero-order chi connectivity index (χ0) is 32.5. The van der Waals surface area contributed by atoms with E-state index in [0.717, 1.165) is 11.8 Å². The Morgan fingerprint density at radius 1 is 0.778 bits per heavy atom. The molecule has 0 fully saturated rings. The molecule has 0 unspecified atom stereocenters. The van der Waals surface area contributed by atoms with Gasteiger partial charge in [-0.05, 0) is 54.1 Å². The van der Waals surface area contributed by atoms with Crippen LogP contribution in [0.25, 0.3) is 6.08 Å². The number of amides is 3. The summed E-state index contributed by atoms with van der Waals surface area (Å²) >= 11 is 0.930. The molecule has 232 valence electrons. The molecule has 3 amide bonds. The molecule has 4 rings (SSSR count). The number of anilines is 2. The van der Waals surface area contributed by atoms with Gasteiger partial charge in [0.2, 0.25) is 5.91 Å². The van der Waals surface area contributed by atoms with Gasteiger partial charge in [-0.25, -0.2) is 17.6 Å². The van der Waals surface area contributed by atoms with E-state index in [1.807, 2.05) is 5.32 Å². The van der Waals surface area contributed by atoms with E-state index in [0.29, 0.717) is 33.2 Å². The van der Waals surface area contributed by atoms with Crippen LogP contribution in [0.3, 0.4) is 0 Å². The highest BCUT2D eigenvalue weighted by Gasteiger charge is 2.21. The zero-order valence-corrected chi connectivity index (χ0v) is 24.6. The molecule has 0 spiro atoms. The number of hydrogen-bond acceptors (Lipinski definition) is 6. The fourth-order valence-corrected chi connectivity index (χ4v) is 4.68. The third-order valence-corrected chi connectivity index (χ3v) is 7.08. The van der Waals surface area contributed by atoms with Gasteiger partial charge in [0, 0.05) is 22.2 Å². The van der Waals surface area contributed by atoms with Crippen LogP contribution in [0, 0.1) is 23.3 Å². The summed E-state index contributed by atoms with van der Waals surface area (Å²) in [5, 5.41) is 7.16. The van der Waals surface area contributed by atoms with Crippen LogP contribution in [0.15, 0.2) is 89.5 Å². The minimum absolute atomic E-state index is 0.0381. The minimum Gasteiger partial charge on any atom is -0.493 e. The lowest BCUT2D eigenvalue weighted by atomic mass is 10.1. The first-order valence-electron chi connectivity index (χ1n) is 13.1. The van der Waals surface area contributed by atoms with Gasteiger partial charge >= 0.3 is 0 Å². The fraction of sp³-hybridized carbons (Fsp3) is 0.0938. The van der Waals surface area contributed by atoms with Gasteiger partial charge in [-0.2, -0.15) is 0 Å². The van der Waals surface area contributed by atoms with Crippen LogP contribution in [0.1, 0.15) is 15.9 Å². The maximum absolute atomic E-state index is 13.9. The van der Waals surface area contributed by atoms with Crippen LogP contribution in [0.2, 0.25) is 0 Å². The van der Waals surface area contributed by atoms with Gasteiger partial charge in [-0.1, -0.05) is 30.3 Å². The van der Waals surface area contributed by atoms with Gasteiger partial charge in [0.1, 0.15) is 11.4 Å². The van der Waals surface area contributed by atoms with Gasteiger partial charge in [0.05, 0.1) is 20.0 Å². The van der Waals surface area contributed by atoms with Crippen molar-refractivity contribution >= 4 is 46.9 Å². The van der Waals surface area contributed by atoms with Crippen molar-refractivity contribution < 1.29 is 41.4 Å². The summed E-state index contributed by atoms with van der Waals surface area (Å²) in [6.45, 7) is 0. The van der Waals surface area contributed by atoms with Crippen molar-refractivity contribution in [2.24, 2.45) is 0 Å². The van der Waals surface area contributed by atoms with Crippen molar-refractivity contribution in [2.45, 2.75) is 4.90 Å². The van der Waals surface area contributed by atoms with Crippen molar-refractivity contribution in [3.63, 3.8) is 0 Å². The van der Waals surface area contributed by atoms with Gasteiger partial charge in [0.15, 0.2) is 34.8 Å². The van der Waals surface area contributed by atoms with E-state index >= 15 is 0 Å². The number of methoxy groups -OCH3 is 2. The Morgan fingerprint density at radius 2 is 1.47 bits per heavy atom. The molecule has 13 heteroatoms. The van der Waals surface area contributed by atoms with Crippen molar-refractivity contribution in [1.29, 1.82) is 0 Å². The molecule has 4 aromatic rings. The number of nitrogens with one attached hydrogen (secondary N) is 3. The average molecular weight is 640 g/mol. The number of hydrogen-bond donors (Lipinski definition) is 3. The maximum atomic E-state index is 13.9. The van der Waals surface area contributed by atoms with Crippen molar-refractivity contribution in [3.8, 4) is 11.5 Å². The fourth-order valence-electron chi connectivity index (χ4n) is 3.92. The second-order valence-electron chi connectivity index (χ2n) is 9.15. The molecular weight excluding hydrogens is 614 g/mol. The molecule has 0 atom stereocenters. The zero-order valence-electron chi connectivity index (χ0n) is 23.8. The summed E-state index contributed by atoms with van der Waals surface area (Å²) in [5.74, 6) is -8.40. The van der Waals surface area contributed by atoms with E-state index in [-0.39, 0.29) is 17.5 Å². The summed E-state index contributed by atoms with van der Waals surface area (Å²) < 4.78 is 65.3. The molecule has 45 heavy (non-hydrogen) atoms. The number of benzene rings is 4. The first-order chi connectivity index (χ1) is 21.6. The molecule has 0 saturated carbocycles. The lowest BCUT2D eigenvalue weighted by Gasteiger charge is -2.13. The quantitative estimate of drug-likeness (QED) is 0.0760. The Bertz CT molecular complexity index is 1740. The van der Waals surface area contributed by atoms with Crippen LogP contribution >= 0.6 is 11.8 Å². The normalized spacial score (nSPS) is 11.0. The lowest BCUT2D eigenvalue weighted by Crippen LogP contribution is -2.30. The number of carbonyl (C=O) groups excluding carboxylic acids is 3. The van der Waals surface area contributed by atoms with Crippen LogP contribution in [0.4, 0.5) is 28.9 Å². The third-order valence-electron chi connectivity index (χ3n) is 6.09. The smallest absolute Gasteiger partial charge is 0.272 e. The van der Waals surface area contributed by atoms with Crippen molar-refractivity contribution in [2.75, 3.05) is 30.6 Å². The van der Waals surface area contributed by atoms with E-state index in [4.69, 9.17) is 9.47 Å². The van der Waals surface area contributed by atoms with Crippen LogP contribution in [-0.2, 0) is 9.59 Å². The van der Waals surface area contributed by atoms with Crippen LogP contribution in [0.5, 0.6) is 11.5 Å². The SMILES string of the molecule is COc1ccc(/C=C(/NC(=O)c2ccccc2)C(=O)Nc2cccc(SCC(=O)Nc3c(F)c(F)cc(F)c3F)c2)cc1OC. The summed E-state index contributed by atoms with van der Waals surface area (Å²) in [4.78, 5) is 39.1. The summed E-state index contributed by atoms with van der Waals surface area (Å²) in [7, 11) is 2.94. The Kier molecular flexibility index (Phi) is 10.8. The topological polar surface area (TPSA) is 106 Å². The Morgan fingerprint density at radius 3 is 2.13 bits per heavy atom. The van der Waals surface area contributed by atoms with Gasteiger partial charge < -0.3 is 25.4 Å². The van der Waals surface area contributed by atoms with Gasteiger partial charge in [0.25, 0.3) is 11.8 Å². The van der Waals surface area contributed by atoms with E-state index in [1.165, 1.54) is 26.4 Å². The number of halogens is 4. The summed E-state index contributed by atoms with van der Waals surface area (Å²) in [6, 6.07) is 19.5. The molecule has 0 aliphatic heterocycles. The molecular formula is C32H25F4N3O5S. The molecule has 0 bridgehead atoms. The maximum Gasteiger partial charge on any atom is 0.272 e. The van der Waals surface area contributed by atoms with E-state index in [2.05, 4.69) is 10.6 Å². The largest absolute Gasteiger partial charge is 0.493 e. The molecule has 4 aromatic carbocycles. The number of ether oxygens (including phenoxy) is 2. The number of rotatable bonds is 11. The first-order valence-corrected chi connectivity index (χ1v) is 14.0. The predicted molar refractivity (Wildman–Crippen MR) is 162 cm³/mol. The van der Waals surface area contributed by atoms with Crippen LogP contribution in [-0.4, -0.2) is 37.7 Å². The van der Waals surface area contributed by atoms with Crippen LogP contribution < -0.4 is 25.4 Å². The van der Waals surface area contributed by atoms with E-state index in [1.54, 1.807) is 66.7 Å². The highest BCUT2D eigenvalue weighted by molar-refractivity contribution is 8.00. The summed E-state index contributed by atoms with van der Waals surface area (Å²) in [6.07, 6.45) is 1.45. The van der Waals surface area contributed by atoms with Gasteiger partial charge in [-0.3, -0.25) is 14.4 Å².